The van der Waals surface area contributed by atoms with E-state index in [0.717, 1.165) is 13.1 Å². The minimum Gasteiger partial charge on any atom is -0.298 e. The second-order valence-electron chi connectivity index (χ2n) is 5.22. The van der Waals surface area contributed by atoms with Gasteiger partial charge in [-0.3, -0.25) is 9.69 Å². The lowest BCUT2D eigenvalue weighted by molar-refractivity contribution is -0.119. The molecule has 0 amide bonds. The first-order valence-electron chi connectivity index (χ1n) is 6.76. The molecule has 2 aromatic carbocycles. The van der Waals surface area contributed by atoms with Crippen LogP contribution >= 0.6 is 0 Å². The molecule has 20 heavy (non-hydrogen) atoms. The molecule has 0 aromatic heterocycles. The standard InChI is InChI=1S/C17H16FNO/c18-17-8-4-3-5-13(17)9-16(20)12-19-10-14-6-1-2-7-15(14)11-19/h1-8H,9-12H2. The minimum absolute atomic E-state index is 0.0582. The molecule has 1 heterocycles. The molecule has 2 nitrogen and oxygen atoms in total. The molecule has 0 fully saturated rings. The number of benzene rings is 2. The zero-order valence-corrected chi connectivity index (χ0v) is 11.2. The summed E-state index contributed by atoms with van der Waals surface area (Å²) in [5.41, 5.74) is 3.05. The van der Waals surface area contributed by atoms with Crippen LogP contribution in [0.5, 0.6) is 0 Å². The molecule has 0 unspecified atom stereocenters. The molecular formula is C17H16FNO. The molecule has 0 bridgehead atoms. The molecular weight excluding hydrogens is 253 g/mol. The number of carbonyl (C=O) groups excluding carboxylic acids is 1. The Morgan fingerprint density at radius 2 is 1.60 bits per heavy atom. The van der Waals surface area contributed by atoms with Crippen molar-refractivity contribution in [2.24, 2.45) is 0 Å². The minimum atomic E-state index is -0.300. The van der Waals surface area contributed by atoms with Gasteiger partial charge in [-0.05, 0) is 22.8 Å². The highest BCUT2D eigenvalue weighted by atomic mass is 19.1. The predicted octanol–water partition coefficient (Wildman–Crippen LogP) is 2.95. The first-order chi connectivity index (χ1) is 9.72. The summed E-state index contributed by atoms with van der Waals surface area (Å²) in [5.74, 6) is -0.242. The van der Waals surface area contributed by atoms with Crippen LogP contribution in [0.15, 0.2) is 48.5 Å². The Balaban J connectivity index is 1.60. The Morgan fingerprint density at radius 1 is 1.00 bits per heavy atom. The monoisotopic (exact) mass is 269 g/mol. The van der Waals surface area contributed by atoms with Gasteiger partial charge in [0.05, 0.1) is 6.54 Å². The number of rotatable bonds is 4. The zero-order chi connectivity index (χ0) is 13.9. The van der Waals surface area contributed by atoms with Gasteiger partial charge in [-0.1, -0.05) is 42.5 Å². The Hall–Kier alpha value is -2.00. The van der Waals surface area contributed by atoms with Gasteiger partial charge in [-0.15, -0.1) is 0 Å². The van der Waals surface area contributed by atoms with Crippen molar-refractivity contribution in [2.45, 2.75) is 19.5 Å². The van der Waals surface area contributed by atoms with E-state index in [1.54, 1.807) is 18.2 Å². The van der Waals surface area contributed by atoms with Crippen LogP contribution in [0, 0.1) is 5.82 Å². The lowest BCUT2D eigenvalue weighted by Gasteiger charge is -2.13. The van der Waals surface area contributed by atoms with Crippen LogP contribution in [0.2, 0.25) is 0 Å². The van der Waals surface area contributed by atoms with Crippen LogP contribution in [-0.2, 0) is 24.3 Å². The van der Waals surface area contributed by atoms with Gasteiger partial charge in [-0.25, -0.2) is 4.39 Å². The molecule has 3 heteroatoms. The molecule has 0 saturated carbocycles. The summed E-state index contributed by atoms with van der Waals surface area (Å²) in [6.45, 7) is 1.99. The number of hydrogen-bond acceptors (Lipinski definition) is 2. The summed E-state index contributed by atoms with van der Waals surface area (Å²) in [7, 11) is 0. The maximum absolute atomic E-state index is 13.5. The summed E-state index contributed by atoms with van der Waals surface area (Å²) < 4.78 is 13.5. The maximum atomic E-state index is 13.5. The van der Waals surface area contributed by atoms with Crippen LogP contribution < -0.4 is 0 Å². The first-order valence-corrected chi connectivity index (χ1v) is 6.76. The summed E-state index contributed by atoms with van der Waals surface area (Å²) in [4.78, 5) is 14.2. The molecule has 102 valence electrons. The van der Waals surface area contributed by atoms with Gasteiger partial charge in [0.15, 0.2) is 5.78 Å². The average molecular weight is 269 g/mol. The van der Waals surface area contributed by atoms with Crippen molar-refractivity contribution in [1.82, 2.24) is 4.90 Å². The van der Waals surface area contributed by atoms with Crippen molar-refractivity contribution in [3.63, 3.8) is 0 Å². The molecule has 2 aromatic rings. The van der Waals surface area contributed by atoms with Crippen molar-refractivity contribution in [2.75, 3.05) is 6.54 Å². The Bertz CT molecular complexity index is 613. The van der Waals surface area contributed by atoms with E-state index >= 15 is 0 Å². The van der Waals surface area contributed by atoms with Crippen LogP contribution in [0.25, 0.3) is 0 Å². The predicted molar refractivity (Wildman–Crippen MR) is 75.7 cm³/mol. The number of nitrogens with zero attached hydrogens (tertiary/aromatic N) is 1. The van der Waals surface area contributed by atoms with E-state index in [0.29, 0.717) is 12.1 Å². The smallest absolute Gasteiger partial charge is 0.151 e. The van der Waals surface area contributed by atoms with E-state index in [-0.39, 0.29) is 18.0 Å². The number of Topliss-reactive ketones (excluding diaryl/α,β-unsaturated/α-hetero) is 1. The fraction of sp³-hybridized carbons (Fsp3) is 0.235. The van der Waals surface area contributed by atoms with Gasteiger partial charge in [-0.2, -0.15) is 0 Å². The van der Waals surface area contributed by atoms with Crippen molar-refractivity contribution in [1.29, 1.82) is 0 Å². The van der Waals surface area contributed by atoms with E-state index in [1.807, 2.05) is 12.1 Å². The Labute approximate surface area is 117 Å². The molecule has 0 radical (unpaired) electrons. The summed E-state index contributed by atoms with van der Waals surface area (Å²) in [6.07, 6.45) is 0.166. The third-order valence-corrected chi connectivity index (χ3v) is 3.65. The zero-order valence-electron chi connectivity index (χ0n) is 11.2. The van der Waals surface area contributed by atoms with Crippen LogP contribution in [0.3, 0.4) is 0 Å². The third-order valence-electron chi connectivity index (χ3n) is 3.65. The normalized spacial score (nSPS) is 14.2. The van der Waals surface area contributed by atoms with E-state index in [2.05, 4.69) is 17.0 Å². The van der Waals surface area contributed by atoms with Gasteiger partial charge in [0, 0.05) is 19.5 Å². The van der Waals surface area contributed by atoms with Crippen molar-refractivity contribution >= 4 is 5.78 Å². The second-order valence-corrected chi connectivity index (χ2v) is 5.22. The largest absolute Gasteiger partial charge is 0.298 e. The fourth-order valence-corrected chi connectivity index (χ4v) is 2.67. The van der Waals surface area contributed by atoms with Gasteiger partial charge in [0.1, 0.15) is 5.82 Å². The first kappa shape index (κ1) is 13.0. The highest BCUT2D eigenvalue weighted by Gasteiger charge is 2.20. The van der Waals surface area contributed by atoms with Crippen molar-refractivity contribution in [3.8, 4) is 0 Å². The molecule has 1 aliphatic rings. The molecule has 1 aliphatic heterocycles. The number of fused-ring (bicyclic) bond motifs is 1. The Morgan fingerprint density at radius 3 is 2.25 bits per heavy atom. The van der Waals surface area contributed by atoms with Crippen LogP contribution in [0.4, 0.5) is 4.39 Å². The fourth-order valence-electron chi connectivity index (χ4n) is 2.67. The molecule has 0 spiro atoms. The number of hydrogen-bond donors (Lipinski definition) is 0. The van der Waals surface area contributed by atoms with E-state index in [9.17, 15) is 9.18 Å². The summed E-state index contributed by atoms with van der Waals surface area (Å²) >= 11 is 0. The molecule has 0 N–H and O–H groups in total. The number of carbonyl (C=O) groups is 1. The van der Waals surface area contributed by atoms with Crippen molar-refractivity contribution in [3.05, 3.63) is 71.0 Å². The molecule has 0 aliphatic carbocycles. The number of halogens is 1. The summed E-state index contributed by atoms with van der Waals surface area (Å²) in [6, 6.07) is 14.7. The van der Waals surface area contributed by atoms with E-state index in [1.165, 1.54) is 17.2 Å². The highest BCUT2D eigenvalue weighted by Crippen LogP contribution is 2.22. The number of ketones is 1. The molecule has 0 atom stereocenters. The third kappa shape index (κ3) is 2.78. The summed E-state index contributed by atoms with van der Waals surface area (Å²) in [5, 5.41) is 0. The van der Waals surface area contributed by atoms with Gasteiger partial charge in [0.2, 0.25) is 0 Å². The lowest BCUT2D eigenvalue weighted by atomic mass is 10.1. The van der Waals surface area contributed by atoms with E-state index in [4.69, 9.17) is 0 Å². The second kappa shape index (κ2) is 5.55. The van der Waals surface area contributed by atoms with Gasteiger partial charge < -0.3 is 0 Å². The van der Waals surface area contributed by atoms with Gasteiger partial charge >= 0.3 is 0 Å². The average Bonchev–Trinajstić information content (AvgIpc) is 2.83. The quantitative estimate of drug-likeness (QED) is 0.850. The highest BCUT2D eigenvalue weighted by molar-refractivity contribution is 5.82. The maximum Gasteiger partial charge on any atom is 0.151 e. The van der Waals surface area contributed by atoms with E-state index < -0.39 is 0 Å². The van der Waals surface area contributed by atoms with Crippen LogP contribution in [-0.4, -0.2) is 17.2 Å². The SMILES string of the molecule is O=C(Cc1ccccc1F)CN1Cc2ccccc2C1. The molecule has 3 rings (SSSR count). The van der Waals surface area contributed by atoms with Crippen LogP contribution in [0.1, 0.15) is 16.7 Å². The van der Waals surface area contributed by atoms with Crippen molar-refractivity contribution < 1.29 is 9.18 Å². The Kier molecular flexibility index (Phi) is 3.61. The molecule has 0 saturated heterocycles. The topological polar surface area (TPSA) is 20.3 Å². The lowest BCUT2D eigenvalue weighted by Crippen LogP contribution is -2.26. The van der Waals surface area contributed by atoms with Gasteiger partial charge in [0.25, 0.3) is 0 Å².